The van der Waals surface area contributed by atoms with Crippen molar-refractivity contribution in [2.24, 2.45) is 0 Å². The molecule has 1 aromatic rings. The Kier molecular flexibility index (Phi) is 6.47. The Bertz CT molecular complexity index is 530. The lowest BCUT2D eigenvalue weighted by Gasteiger charge is -2.41. The van der Waals surface area contributed by atoms with Gasteiger partial charge in [0.15, 0.2) is 0 Å². The molecule has 126 valence electrons. The van der Waals surface area contributed by atoms with Crippen molar-refractivity contribution in [3.05, 3.63) is 35.9 Å². The second-order valence-corrected chi connectivity index (χ2v) is 13.4. The predicted octanol–water partition coefficient (Wildman–Crippen LogP) is 4.46. The fourth-order valence-electron chi connectivity index (χ4n) is 3.46. The summed E-state index contributed by atoms with van der Waals surface area (Å²) in [6, 6.07) is 11.0. The van der Waals surface area contributed by atoms with Gasteiger partial charge < -0.3 is 9.84 Å². The SMILES string of the molecule is C[Si](C)(C)CC1(CCC(O)C#Cc2ccccc2)CCCCO1. The molecule has 1 N–H and O–H groups in total. The van der Waals surface area contributed by atoms with Gasteiger partial charge in [-0.25, -0.2) is 0 Å². The number of rotatable bonds is 5. The van der Waals surface area contributed by atoms with Gasteiger partial charge in [0.05, 0.1) is 5.60 Å². The van der Waals surface area contributed by atoms with E-state index in [9.17, 15) is 5.11 Å². The minimum absolute atomic E-state index is 0.0157. The molecular formula is C20H30O2Si. The molecule has 0 amide bonds. The van der Waals surface area contributed by atoms with E-state index < -0.39 is 14.2 Å². The Morgan fingerprint density at radius 1 is 1.22 bits per heavy atom. The quantitative estimate of drug-likeness (QED) is 0.638. The smallest absolute Gasteiger partial charge is 0.115 e. The zero-order valence-corrected chi connectivity index (χ0v) is 15.8. The van der Waals surface area contributed by atoms with E-state index in [-0.39, 0.29) is 5.60 Å². The van der Waals surface area contributed by atoms with Gasteiger partial charge in [-0.1, -0.05) is 49.7 Å². The molecule has 2 rings (SSSR count). The summed E-state index contributed by atoms with van der Waals surface area (Å²) in [5.74, 6) is 6.04. The molecule has 1 fully saturated rings. The number of benzene rings is 1. The third-order valence-electron chi connectivity index (χ3n) is 4.32. The van der Waals surface area contributed by atoms with Crippen LogP contribution >= 0.6 is 0 Å². The first-order chi connectivity index (χ1) is 10.9. The standard InChI is InChI=1S/C20H30O2Si/c1-23(2,3)17-20(14-7-8-16-22-20)15-13-19(21)12-11-18-9-5-4-6-10-18/h4-6,9-10,19,21H,7-8,13-17H2,1-3H3. The van der Waals surface area contributed by atoms with Gasteiger partial charge in [-0.2, -0.15) is 0 Å². The fourth-order valence-corrected chi connectivity index (χ4v) is 5.85. The van der Waals surface area contributed by atoms with E-state index in [2.05, 4.69) is 31.5 Å². The zero-order valence-electron chi connectivity index (χ0n) is 14.8. The molecule has 0 spiro atoms. The molecule has 0 aliphatic carbocycles. The summed E-state index contributed by atoms with van der Waals surface area (Å²) in [4.78, 5) is 0. The van der Waals surface area contributed by atoms with Crippen molar-refractivity contribution in [1.82, 2.24) is 0 Å². The molecule has 0 saturated carbocycles. The summed E-state index contributed by atoms with van der Waals surface area (Å²) in [6.07, 6.45) is 4.60. The molecule has 0 bridgehead atoms. The van der Waals surface area contributed by atoms with E-state index in [1.165, 1.54) is 18.9 Å². The van der Waals surface area contributed by atoms with Crippen molar-refractivity contribution in [3.8, 4) is 11.8 Å². The molecule has 3 heteroatoms. The lowest BCUT2D eigenvalue weighted by atomic mass is 9.89. The average Bonchev–Trinajstić information content (AvgIpc) is 2.51. The maximum atomic E-state index is 10.2. The van der Waals surface area contributed by atoms with Gasteiger partial charge in [-0.3, -0.25) is 0 Å². The highest BCUT2D eigenvalue weighted by Crippen LogP contribution is 2.37. The molecule has 2 atom stereocenters. The lowest BCUT2D eigenvalue weighted by Crippen LogP contribution is -2.43. The van der Waals surface area contributed by atoms with Gasteiger partial charge in [-0.15, -0.1) is 0 Å². The van der Waals surface area contributed by atoms with Gasteiger partial charge in [-0.05, 0) is 50.3 Å². The molecule has 23 heavy (non-hydrogen) atoms. The van der Waals surface area contributed by atoms with Crippen LogP contribution in [0.2, 0.25) is 25.7 Å². The highest BCUT2D eigenvalue weighted by molar-refractivity contribution is 6.76. The van der Waals surface area contributed by atoms with Crippen molar-refractivity contribution < 1.29 is 9.84 Å². The lowest BCUT2D eigenvalue weighted by molar-refractivity contribution is -0.0750. The van der Waals surface area contributed by atoms with E-state index in [1.807, 2.05) is 30.3 Å². The summed E-state index contributed by atoms with van der Waals surface area (Å²) in [7, 11) is -1.20. The Morgan fingerprint density at radius 3 is 2.57 bits per heavy atom. The highest BCUT2D eigenvalue weighted by Gasteiger charge is 2.37. The van der Waals surface area contributed by atoms with Gasteiger partial charge in [0.1, 0.15) is 6.10 Å². The number of aliphatic hydroxyl groups excluding tert-OH is 1. The number of hydrogen-bond acceptors (Lipinski definition) is 2. The normalized spacial score (nSPS) is 23.0. The second kappa shape index (κ2) is 8.15. The molecule has 0 radical (unpaired) electrons. The Morgan fingerprint density at radius 2 is 1.96 bits per heavy atom. The van der Waals surface area contributed by atoms with Crippen molar-refractivity contribution in [2.75, 3.05) is 6.61 Å². The summed E-state index contributed by atoms with van der Waals surface area (Å²) in [6.45, 7) is 8.07. The van der Waals surface area contributed by atoms with E-state index in [1.54, 1.807) is 0 Å². The van der Waals surface area contributed by atoms with Crippen LogP contribution < -0.4 is 0 Å². The summed E-state index contributed by atoms with van der Waals surface area (Å²) in [5, 5.41) is 10.2. The number of hydrogen-bond donors (Lipinski definition) is 1. The van der Waals surface area contributed by atoms with Crippen LogP contribution in [0.15, 0.2) is 30.3 Å². The number of aliphatic hydroxyl groups is 1. The highest BCUT2D eigenvalue weighted by atomic mass is 28.3. The van der Waals surface area contributed by atoms with Crippen LogP contribution in [-0.4, -0.2) is 31.5 Å². The molecule has 2 unspecified atom stereocenters. The molecular weight excluding hydrogens is 300 g/mol. The fraction of sp³-hybridized carbons (Fsp3) is 0.600. The van der Waals surface area contributed by atoms with Crippen LogP contribution in [0.4, 0.5) is 0 Å². The van der Waals surface area contributed by atoms with Crippen LogP contribution in [-0.2, 0) is 4.74 Å². The Hall–Kier alpha value is -1.08. The summed E-state index contributed by atoms with van der Waals surface area (Å²) >= 11 is 0. The first kappa shape index (κ1) is 18.3. The average molecular weight is 331 g/mol. The maximum absolute atomic E-state index is 10.2. The summed E-state index contributed by atoms with van der Waals surface area (Å²) < 4.78 is 6.23. The largest absolute Gasteiger partial charge is 0.380 e. The molecule has 1 aliphatic heterocycles. The minimum Gasteiger partial charge on any atom is -0.380 e. The molecule has 1 heterocycles. The van der Waals surface area contributed by atoms with Crippen LogP contribution in [0.5, 0.6) is 0 Å². The van der Waals surface area contributed by atoms with Crippen LogP contribution in [0.1, 0.15) is 37.7 Å². The zero-order chi connectivity index (χ0) is 16.8. The minimum atomic E-state index is -1.20. The van der Waals surface area contributed by atoms with Crippen LogP contribution in [0.3, 0.4) is 0 Å². The second-order valence-electron chi connectivity index (χ2n) is 7.92. The van der Waals surface area contributed by atoms with Gasteiger partial charge in [0, 0.05) is 20.2 Å². The van der Waals surface area contributed by atoms with E-state index in [0.29, 0.717) is 6.42 Å². The molecule has 0 aromatic heterocycles. The third-order valence-corrected chi connectivity index (χ3v) is 6.02. The molecule has 1 aliphatic rings. The van der Waals surface area contributed by atoms with Gasteiger partial charge in [0.2, 0.25) is 0 Å². The van der Waals surface area contributed by atoms with E-state index in [4.69, 9.17) is 4.74 Å². The Balaban J connectivity index is 1.94. The summed E-state index contributed by atoms with van der Waals surface area (Å²) in [5.41, 5.74) is 0.940. The number of ether oxygens (including phenoxy) is 1. The van der Waals surface area contributed by atoms with Crippen molar-refractivity contribution in [2.45, 2.75) is 69.5 Å². The van der Waals surface area contributed by atoms with Crippen LogP contribution in [0, 0.1) is 11.8 Å². The molecule has 1 saturated heterocycles. The third kappa shape index (κ3) is 6.51. The maximum Gasteiger partial charge on any atom is 0.115 e. The monoisotopic (exact) mass is 330 g/mol. The first-order valence-electron chi connectivity index (χ1n) is 8.77. The van der Waals surface area contributed by atoms with Gasteiger partial charge >= 0.3 is 0 Å². The van der Waals surface area contributed by atoms with Crippen LogP contribution in [0.25, 0.3) is 0 Å². The first-order valence-corrected chi connectivity index (χ1v) is 12.5. The molecule has 2 nitrogen and oxygen atoms in total. The predicted molar refractivity (Wildman–Crippen MR) is 99.2 cm³/mol. The van der Waals surface area contributed by atoms with Crippen molar-refractivity contribution >= 4 is 8.07 Å². The Labute approximate surface area is 142 Å². The van der Waals surface area contributed by atoms with Gasteiger partial charge in [0.25, 0.3) is 0 Å². The van der Waals surface area contributed by atoms with E-state index >= 15 is 0 Å². The van der Waals surface area contributed by atoms with E-state index in [0.717, 1.165) is 25.0 Å². The molecule has 1 aromatic carbocycles. The van der Waals surface area contributed by atoms with Crippen molar-refractivity contribution in [1.29, 1.82) is 0 Å². The van der Waals surface area contributed by atoms with Crippen molar-refractivity contribution in [3.63, 3.8) is 0 Å². The topological polar surface area (TPSA) is 29.5 Å².